The molecule has 0 bridgehead atoms. The molecular formula is C12H19N5O2. The first-order valence-electron chi connectivity index (χ1n) is 6.24. The van der Waals surface area contributed by atoms with Crippen molar-refractivity contribution < 1.29 is 9.53 Å². The van der Waals surface area contributed by atoms with E-state index in [0.29, 0.717) is 19.0 Å². The molecule has 7 heteroatoms. The third-order valence-corrected chi connectivity index (χ3v) is 3.08. The van der Waals surface area contributed by atoms with Gasteiger partial charge in [-0.3, -0.25) is 4.79 Å². The van der Waals surface area contributed by atoms with Crippen molar-refractivity contribution in [1.82, 2.24) is 15.3 Å². The van der Waals surface area contributed by atoms with Crippen molar-refractivity contribution in [3.05, 3.63) is 11.9 Å². The molecule has 1 aromatic heterocycles. The lowest BCUT2D eigenvalue weighted by molar-refractivity contribution is -0.122. The van der Waals surface area contributed by atoms with E-state index >= 15 is 0 Å². The lowest BCUT2D eigenvalue weighted by atomic mass is 10.2. The van der Waals surface area contributed by atoms with E-state index in [0.717, 1.165) is 18.2 Å². The summed E-state index contributed by atoms with van der Waals surface area (Å²) in [6.07, 6.45) is 0. The van der Waals surface area contributed by atoms with Crippen LogP contribution in [0.1, 0.15) is 12.7 Å². The highest BCUT2D eigenvalue weighted by Crippen LogP contribution is 2.19. The van der Waals surface area contributed by atoms with Gasteiger partial charge in [-0.25, -0.2) is 9.97 Å². The van der Waals surface area contributed by atoms with Gasteiger partial charge in [0.15, 0.2) is 5.82 Å². The van der Waals surface area contributed by atoms with Crippen LogP contribution in [0.5, 0.6) is 0 Å². The maximum absolute atomic E-state index is 11.7. The van der Waals surface area contributed by atoms with Crippen LogP contribution in [0, 0.1) is 0 Å². The first kappa shape index (κ1) is 13.5. The van der Waals surface area contributed by atoms with Gasteiger partial charge < -0.3 is 20.3 Å². The quantitative estimate of drug-likeness (QED) is 0.797. The van der Waals surface area contributed by atoms with E-state index in [2.05, 4.69) is 20.6 Å². The number of anilines is 2. The summed E-state index contributed by atoms with van der Waals surface area (Å²) in [4.78, 5) is 22.4. The van der Waals surface area contributed by atoms with E-state index in [4.69, 9.17) is 4.74 Å². The number of hydrogen-bond acceptors (Lipinski definition) is 6. The molecule has 1 aliphatic heterocycles. The summed E-state index contributed by atoms with van der Waals surface area (Å²) in [5.74, 6) is 2.08. The Morgan fingerprint density at radius 2 is 2.37 bits per heavy atom. The number of carbonyl (C=O) groups is 1. The Morgan fingerprint density at radius 3 is 3.05 bits per heavy atom. The summed E-state index contributed by atoms with van der Waals surface area (Å²) in [5, 5.41) is 5.83. The zero-order valence-corrected chi connectivity index (χ0v) is 11.4. The van der Waals surface area contributed by atoms with Gasteiger partial charge in [0.25, 0.3) is 0 Å². The van der Waals surface area contributed by atoms with Crippen molar-refractivity contribution in [2.24, 2.45) is 0 Å². The number of methoxy groups -OCH3 is 1. The predicted molar refractivity (Wildman–Crippen MR) is 72.1 cm³/mol. The minimum absolute atomic E-state index is 0.0177. The molecule has 1 unspecified atom stereocenters. The fourth-order valence-corrected chi connectivity index (χ4v) is 2.05. The molecule has 0 spiro atoms. The van der Waals surface area contributed by atoms with Crippen LogP contribution in [0.25, 0.3) is 0 Å². The van der Waals surface area contributed by atoms with Crippen molar-refractivity contribution in [3.8, 4) is 0 Å². The molecule has 2 rings (SSSR count). The van der Waals surface area contributed by atoms with Crippen LogP contribution in [-0.2, 0) is 16.1 Å². The van der Waals surface area contributed by atoms with Crippen LogP contribution in [0.2, 0.25) is 0 Å². The minimum Gasteiger partial charge on any atom is -0.377 e. The van der Waals surface area contributed by atoms with E-state index in [9.17, 15) is 4.79 Å². The predicted octanol–water partition coefficient (Wildman–Crippen LogP) is -0.0106. The molecular weight excluding hydrogens is 246 g/mol. The number of nitrogens with zero attached hydrogens (tertiary/aromatic N) is 3. The Kier molecular flexibility index (Phi) is 4.16. The molecule has 2 N–H and O–H groups in total. The molecule has 0 aliphatic carbocycles. The topological polar surface area (TPSA) is 79.4 Å². The van der Waals surface area contributed by atoms with Gasteiger partial charge in [0.1, 0.15) is 24.3 Å². The number of carbonyl (C=O) groups excluding carboxylic acids is 1. The van der Waals surface area contributed by atoms with Crippen molar-refractivity contribution in [1.29, 1.82) is 0 Å². The van der Waals surface area contributed by atoms with Gasteiger partial charge in [-0.05, 0) is 6.92 Å². The summed E-state index contributed by atoms with van der Waals surface area (Å²) >= 11 is 0. The minimum atomic E-state index is -0.233. The van der Waals surface area contributed by atoms with Crippen LogP contribution in [-0.4, -0.2) is 49.2 Å². The van der Waals surface area contributed by atoms with Gasteiger partial charge in [-0.2, -0.15) is 0 Å². The van der Waals surface area contributed by atoms with Crippen LogP contribution in [0.3, 0.4) is 0 Å². The Hall–Kier alpha value is -1.89. The van der Waals surface area contributed by atoms with Crippen LogP contribution >= 0.6 is 0 Å². The van der Waals surface area contributed by atoms with Crippen molar-refractivity contribution in [3.63, 3.8) is 0 Å². The molecule has 7 nitrogen and oxygen atoms in total. The summed E-state index contributed by atoms with van der Waals surface area (Å²) in [7, 11) is 3.40. The lowest BCUT2D eigenvalue weighted by Crippen LogP contribution is -2.54. The second-order valence-corrected chi connectivity index (χ2v) is 4.37. The largest absolute Gasteiger partial charge is 0.377 e. The number of ether oxygens (including phenoxy) is 1. The number of rotatable bonds is 4. The molecule has 0 saturated carbocycles. The van der Waals surface area contributed by atoms with Crippen molar-refractivity contribution >= 4 is 17.5 Å². The monoisotopic (exact) mass is 265 g/mol. The van der Waals surface area contributed by atoms with E-state index in [1.807, 2.05) is 17.9 Å². The third kappa shape index (κ3) is 2.93. The Labute approximate surface area is 112 Å². The van der Waals surface area contributed by atoms with Gasteiger partial charge in [0, 0.05) is 33.3 Å². The van der Waals surface area contributed by atoms with Gasteiger partial charge in [0.05, 0.1) is 0 Å². The lowest BCUT2D eigenvalue weighted by Gasteiger charge is -2.34. The maximum atomic E-state index is 11.7. The van der Waals surface area contributed by atoms with E-state index in [1.165, 1.54) is 0 Å². The van der Waals surface area contributed by atoms with E-state index in [1.54, 1.807) is 14.2 Å². The number of hydrogen-bond donors (Lipinski definition) is 2. The molecule has 0 radical (unpaired) electrons. The zero-order chi connectivity index (χ0) is 13.8. The van der Waals surface area contributed by atoms with Gasteiger partial charge >= 0.3 is 0 Å². The Morgan fingerprint density at radius 1 is 1.58 bits per heavy atom. The first-order chi connectivity index (χ1) is 9.15. The molecule has 2 heterocycles. The molecule has 1 saturated heterocycles. The number of amides is 1. The zero-order valence-electron chi connectivity index (χ0n) is 11.4. The fraction of sp³-hybridized carbons (Fsp3) is 0.583. The van der Waals surface area contributed by atoms with Crippen LogP contribution < -0.4 is 15.5 Å². The Balaban J connectivity index is 2.31. The maximum Gasteiger partial charge on any atom is 0.242 e. The van der Waals surface area contributed by atoms with Crippen molar-refractivity contribution in [2.45, 2.75) is 19.6 Å². The molecule has 1 aromatic rings. The summed E-state index contributed by atoms with van der Waals surface area (Å²) in [6.45, 7) is 3.57. The third-order valence-electron chi connectivity index (χ3n) is 3.08. The number of piperazine rings is 1. The Bertz CT molecular complexity index is 465. The van der Waals surface area contributed by atoms with Crippen molar-refractivity contribution in [2.75, 3.05) is 37.5 Å². The summed E-state index contributed by atoms with van der Waals surface area (Å²) in [6, 6.07) is 1.61. The average molecular weight is 265 g/mol. The highest BCUT2D eigenvalue weighted by molar-refractivity contribution is 5.85. The number of aromatic nitrogens is 2. The fourth-order valence-electron chi connectivity index (χ4n) is 2.05. The van der Waals surface area contributed by atoms with Crippen LogP contribution in [0.15, 0.2) is 6.07 Å². The van der Waals surface area contributed by atoms with E-state index in [-0.39, 0.29) is 11.9 Å². The summed E-state index contributed by atoms with van der Waals surface area (Å²) < 4.78 is 5.07. The molecule has 1 atom stereocenters. The molecule has 0 aromatic carbocycles. The van der Waals surface area contributed by atoms with E-state index < -0.39 is 0 Å². The number of nitrogens with one attached hydrogen (secondary N) is 2. The van der Waals surface area contributed by atoms with Gasteiger partial charge in [-0.1, -0.05) is 0 Å². The second kappa shape index (κ2) is 5.83. The normalized spacial score (nSPS) is 19.2. The average Bonchev–Trinajstić information content (AvgIpc) is 2.42. The molecule has 1 fully saturated rings. The first-order valence-corrected chi connectivity index (χ1v) is 6.24. The SMILES string of the molecule is CNc1cc(N2CCNC(=O)C2C)nc(COC)n1. The highest BCUT2D eigenvalue weighted by atomic mass is 16.5. The molecule has 1 amide bonds. The molecule has 1 aliphatic rings. The standard InChI is InChI=1S/C12H19N5O2/c1-8-12(18)14-4-5-17(8)11-6-9(13-2)15-10(16-11)7-19-3/h6,8H,4-5,7H2,1-3H3,(H,14,18)(H,13,15,16). The van der Waals surface area contributed by atoms with Gasteiger partial charge in [-0.15, -0.1) is 0 Å². The summed E-state index contributed by atoms with van der Waals surface area (Å²) in [5.41, 5.74) is 0. The highest BCUT2D eigenvalue weighted by Gasteiger charge is 2.27. The van der Waals surface area contributed by atoms with Gasteiger partial charge in [0.2, 0.25) is 5.91 Å². The second-order valence-electron chi connectivity index (χ2n) is 4.37. The smallest absolute Gasteiger partial charge is 0.242 e. The molecule has 104 valence electrons. The molecule has 19 heavy (non-hydrogen) atoms. The van der Waals surface area contributed by atoms with Crippen LogP contribution in [0.4, 0.5) is 11.6 Å².